The summed E-state index contributed by atoms with van der Waals surface area (Å²) in [6.45, 7) is 13.0. The quantitative estimate of drug-likeness (QED) is 0.122. The molecule has 46 heavy (non-hydrogen) atoms. The van der Waals surface area contributed by atoms with E-state index in [1.807, 2.05) is 6.08 Å². The number of fused-ring (bicyclic) bond motifs is 3. The van der Waals surface area contributed by atoms with E-state index in [0.717, 1.165) is 12.0 Å². The fourth-order valence-electron chi connectivity index (χ4n) is 7.24. The highest BCUT2D eigenvalue weighted by Gasteiger charge is 2.20. The fourth-order valence-corrected chi connectivity index (χ4v) is 7.24. The molecule has 0 spiro atoms. The maximum atomic E-state index is 4.65. The van der Waals surface area contributed by atoms with Crippen LogP contribution in [0.4, 0.5) is 0 Å². The van der Waals surface area contributed by atoms with Crippen molar-refractivity contribution in [2.24, 2.45) is 0 Å². The van der Waals surface area contributed by atoms with Gasteiger partial charge in [0.15, 0.2) is 0 Å². The smallest absolute Gasteiger partial charge is 0.0124 e. The van der Waals surface area contributed by atoms with Gasteiger partial charge in [0.25, 0.3) is 0 Å². The Morgan fingerprint density at radius 1 is 0.630 bits per heavy atom. The van der Waals surface area contributed by atoms with Crippen molar-refractivity contribution in [1.29, 1.82) is 0 Å². The van der Waals surface area contributed by atoms with Crippen LogP contribution in [0.3, 0.4) is 0 Å². The molecule has 0 radical (unpaired) electrons. The Morgan fingerprint density at radius 3 is 1.83 bits per heavy atom. The summed E-state index contributed by atoms with van der Waals surface area (Å²) in [7, 11) is 0. The largest absolute Gasteiger partial charge is 0.103 e. The van der Waals surface area contributed by atoms with Crippen molar-refractivity contribution in [3.63, 3.8) is 0 Å². The lowest BCUT2D eigenvalue weighted by Gasteiger charge is -2.22. The van der Waals surface area contributed by atoms with E-state index in [0.29, 0.717) is 0 Å². The summed E-state index contributed by atoms with van der Waals surface area (Å²) in [5, 5.41) is 7.60. The molecule has 1 atom stereocenters. The van der Waals surface area contributed by atoms with Gasteiger partial charge < -0.3 is 0 Å². The van der Waals surface area contributed by atoms with Crippen LogP contribution in [-0.2, 0) is 0 Å². The average Bonchev–Trinajstić information content (AvgIpc) is 3.10. The van der Waals surface area contributed by atoms with Crippen molar-refractivity contribution in [2.75, 3.05) is 0 Å². The highest BCUT2D eigenvalue weighted by atomic mass is 14.2. The van der Waals surface area contributed by atoms with Gasteiger partial charge >= 0.3 is 0 Å². The molecule has 0 aromatic heterocycles. The second kappa shape index (κ2) is 12.5. The van der Waals surface area contributed by atoms with Crippen LogP contribution < -0.4 is 0 Å². The second-order valence-corrected chi connectivity index (χ2v) is 12.1. The summed E-state index contributed by atoms with van der Waals surface area (Å²) in [5.74, 6) is 0.139. The summed E-state index contributed by atoms with van der Waals surface area (Å²) in [5.41, 5.74) is 11.1. The molecular formula is C46H38. The molecule has 0 heterocycles. The number of aryl methyl sites for hydroxylation is 1. The molecule has 0 N–H and O–H groups in total. The van der Waals surface area contributed by atoms with E-state index >= 15 is 0 Å². The van der Waals surface area contributed by atoms with Gasteiger partial charge in [-0.05, 0) is 103 Å². The predicted molar refractivity (Wildman–Crippen MR) is 202 cm³/mol. The molecule has 0 saturated heterocycles. The van der Waals surface area contributed by atoms with Crippen LogP contribution in [0.15, 0.2) is 159 Å². The third-order valence-corrected chi connectivity index (χ3v) is 9.42. The Kier molecular flexibility index (Phi) is 7.95. The van der Waals surface area contributed by atoms with Crippen LogP contribution in [0.5, 0.6) is 0 Å². The van der Waals surface area contributed by atoms with E-state index in [-0.39, 0.29) is 5.92 Å². The van der Waals surface area contributed by atoms with Gasteiger partial charge in [-0.15, -0.1) is 6.58 Å². The van der Waals surface area contributed by atoms with Crippen molar-refractivity contribution in [3.05, 3.63) is 181 Å². The number of hydrogen-bond donors (Lipinski definition) is 0. The van der Waals surface area contributed by atoms with Crippen molar-refractivity contribution in [1.82, 2.24) is 0 Å². The lowest BCUT2D eigenvalue weighted by Crippen LogP contribution is -2.03. The number of hydrogen-bond acceptors (Lipinski definition) is 0. The molecule has 0 bridgehead atoms. The maximum absolute atomic E-state index is 4.65. The third kappa shape index (κ3) is 5.07. The van der Waals surface area contributed by atoms with Crippen LogP contribution in [0, 0.1) is 6.92 Å². The van der Waals surface area contributed by atoms with Gasteiger partial charge in [0.05, 0.1) is 0 Å². The van der Waals surface area contributed by atoms with Crippen LogP contribution in [-0.4, -0.2) is 0 Å². The standard InChI is InChI=1S/C46H38/c1-5-15-36-31(3)17-13-25-38(36)32(4)37(16-6-2)34-27-29-35(30-28-34)45-41-21-9-11-23-43(41)46(44-24-12-10-22-42(44)45)40-26-14-19-33-18-7-8-20-39(33)40/h5-15,17-30,37H,2,4,16H2,1,3H3/b15-5-. The van der Waals surface area contributed by atoms with Crippen molar-refractivity contribution in [3.8, 4) is 22.3 Å². The zero-order valence-electron chi connectivity index (χ0n) is 26.6. The Labute approximate surface area is 272 Å². The third-order valence-electron chi connectivity index (χ3n) is 9.42. The molecular weight excluding hydrogens is 553 g/mol. The van der Waals surface area contributed by atoms with Crippen LogP contribution in [0.1, 0.15) is 41.5 Å². The first-order valence-electron chi connectivity index (χ1n) is 16.1. The average molecular weight is 591 g/mol. The van der Waals surface area contributed by atoms with Crippen LogP contribution in [0.25, 0.3) is 66.2 Å². The summed E-state index contributed by atoms with van der Waals surface area (Å²) in [4.78, 5) is 0. The number of rotatable bonds is 8. The molecule has 7 rings (SSSR count). The molecule has 0 fully saturated rings. The van der Waals surface area contributed by atoms with Crippen LogP contribution in [0.2, 0.25) is 0 Å². The first-order chi connectivity index (χ1) is 22.6. The number of benzene rings is 7. The fraction of sp³-hybridized carbons (Fsp3) is 0.0870. The van der Waals surface area contributed by atoms with Gasteiger partial charge in [0, 0.05) is 5.92 Å². The van der Waals surface area contributed by atoms with Crippen LogP contribution >= 0.6 is 0 Å². The van der Waals surface area contributed by atoms with E-state index in [9.17, 15) is 0 Å². The maximum Gasteiger partial charge on any atom is 0.0124 e. The molecule has 0 nitrogen and oxygen atoms in total. The van der Waals surface area contributed by atoms with Gasteiger partial charge in [-0.25, -0.2) is 0 Å². The van der Waals surface area contributed by atoms with E-state index < -0.39 is 0 Å². The zero-order valence-corrected chi connectivity index (χ0v) is 26.6. The molecule has 0 heteroatoms. The van der Waals surface area contributed by atoms with Crippen molar-refractivity contribution >= 4 is 44.0 Å². The molecule has 0 saturated carbocycles. The molecule has 222 valence electrons. The minimum atomic E-state index is 0.139. The summed E-state index contributed by atoms with van der Waals surface area (Å²) in [6.07, 6.45) is 7.15. The van der Waals surface area contributed by atoms with Gasteiger partial charge in [-0.3, -0.25) is 0 Å². The van der Waals surface area contributed by atoms with E-state index in [1.165, 1.54) is 76.8 Å². The van der Waals surface area contributed by atoms with Crippen molar-refractivity contribution < 1.29 is 0 Å². The zero-order chi connectivity index (χ0) is 31.6. The molecule has 7 aromatic carbocycles. The Hall–Kier alpha value is -5.46. The van der Waals surface area contributed by atoms with E-state index in [4.69, 9.17) is 0 Å². The summed E-state index contributed by atoms with van der Waals surface area (Å²) >= 11 is 0. The van der Waals surface area contributed by atoms with E-state index in [2.05, 4.69) is 173 Å². The molecule has 7 aromatic rings. The van der Waals surface area contributed by atoms with Gasteiger partial charge in [-0.1, -0.05) is 158 Å². The molecule has 1 unspecified atom stereocenters. The van der Waals surface area contributed by atoms with Gasteiger partial charge in [0.1, 0.15) is 0 Å². The normalized spacial score (nSPS) is 12.2. The Balaban J connectivity index is 1.39. The lowest BCUT2D eigenvalue weighted by atomic mass is 9.81. The Morgan fingerprint density at radius 2 is 1.20 bits per heavy atom. The molecule has 0 aliphatic heterocycles. The van der Waals surface area contributed by atoms with Crippen molar-refractivity contribution in [2.45, 2.75) is 26.2 Å². The lowest BCUT2D eigenvalue weighted by molar-refractivity contribution is 0.886. The highest BCUT2D eigenvalue weighted by molar-refractivity contribution is 6.23. The van der Waals surface area contributed by atoms with E-state index in [1.54, 1.807) is 0 Å². The molecule has 0 amide bonds. The first-order valence-corrected chi connectivity index (χ1v) is 16.1. The highest BCUT2D eigenvalue weighted by Crippen LogP contribution is 2.46. The second-order valence-electron chi connectivity index (χ2n) is 12.1. The minimum Gasteiger partial charge on any atom is -0.103 e. The molecule has 0 aliphatic carbocycles. The predicted octanol–water partition coefficient (Wildman–Crippen LogP) is 13.2. The topological polar surface area (TPSA) is 0 Å². The first kappa shape index (κ1) is 29.3. The Bertz CT molecular complexity index is 2220. The van der Waals surface area contributed by atoms with Gasteiger partial charge in [0.2, 0.25) is 0 Å². The summed E-state index contributed by atoms with van der Waals surface area (Å²) < 4.78 is 0. The summed E-state index contributed by atoms with van der Waals surface area (Å²) in [6, 6.07) is 48.8. The minimum absolute atomic E-state index is 0.139. The van der Waals surface area contributed by atoms with Gasteiger partial charge in [-0.2, -0.15) is 0 Å². The molecule has 0 aliphatic rings. The number of allylic oxidation sites excluding steroid dienone is 3. The SMILES string of the molecule is C=CCC(C(=C)c1cccc(C)c1/C=C\C)c1ccc(-c2c3ccccc3c(-c3cccc4ccccc34)c3ccccc23)cc1. The monoisotopic (exact) mass is 590 g/mol.